The number of phenolic OH excluding ortho intramolecular Hbond substituents is 1. The zero-order valence-corrected chi connectivity index (χ0v) is 10.6. The second-order valence-electron chi connectivity index (χ2n) is 4.26. The van der Waals surface area contributed by atoms with E-state index in [1.807, 2.05) is 25.1 Å². The first-order chi connectivity index (χ1) is 8.02. The molecule has 17 heavy (non-hydrogen) atoms. The summed E-state index contributed by atoms with van der Waals surface area (Å²) in [5.74, 6) is 0.821. The monoisotopic (exact) mass is 232 g/mol. The Labute approximate surface area is 103 Å². The third-order valence-corrected chi connectivity index (χ3v) is 2.59. The summed E-state index contributed by atoms with van der Waals surface area (Å²) in [6.07, 6.45) is 4.87. The summed E-state index contributed by atoms with van der Waals surface area (Å²) in [5, 5.41) is 18.5. The summed E-state index contributed by atoms with van der Waals surface area (Å²) in [6, 6.07) is 7.20. The van der Waals surface area contributed by atoms with Gasteiger partial charge in [-0.05, 0) is 48.6 Å². The first-order valence-corrected chi connectivity index (χ1v) is 5.90. The van der Waals surface area contributed by atoms with Gasteiger partial charge in [0.2, 0.25) is 0 Å². The lowest BCUT2D eigenvalue weighted by Gasteiger charge is -2.08. The fraction of sp³-hybridized carbons (Fsp3) is 0.333. The van der Waals surface area contributed by atoms with Crippen LogP contribution >= 0.6 is 0 Å². The number of hydrogen-bond acceptors (Lipinski definition) is 2. The summed E-state index contributed by atoms with van der Waals surface area (Å²) in [7, 11) is 0. The predicted octanol–water partition coefficient (Wildman–Crippen LogP) is 4.28. The van der Waals surface area contributed by atoms with Gasteiger partial charge in [0.05, 0.1) is 5.76 Å². The summed E-state index contributed by atoms with van der Waals surface area (Å²) >= 11 is 0. The normalized spacial score (nSPS) is 14.8. The predicted molar refractivity (Wildman–Crippen MR) is 71.9 cm³/mol. The van der Waals surface area contributed by atoms with Gasteiger partial charge in [-0.25, -0.2) is 0 Å². The number of aliphatic hydroxyl groups excluding tert-OH is 1. The van der Waals surface area contributed by atoms with Crippen LogP contribution < -0.4 is 0 Å². The summed E-state index contributed by atoms with van der Waals surface area (Å²) < 4.78 is 0. The van der Waals surface area contributed by atoms with Gasteiger partial charge in [-0.15, -0.1) is 0 Å². The molecule has 0 spiro atoms. The highest BCUT2D eigenvalue weighted by molar-refractivity contribution is 5.66. The van der Waals surface area contributed by atoms with Crippen LogP contribution in [0.3, 0.4) is 0 Å². The molecule has 0 amide bonds. The van der Waals surface area contributed by atoms with Crippen molar-refractivity contribution in [1.29, 1.82) is 0 Å². The van der Waals surface area contributed by atoms with E-state index < -0.39 is 0 Å². The molecule has 92 valence electrons. The quantitative estimate of drug-likeness (QED) is 0.760. The highest BCUT2D eigenvalue weighted by atomic mass is 16.3. The SMILES string of the molecule is CC/C(=C\C(C)/C=C(\C)O)c1ccc(O)cc1. The molecule has 1 aromatic carbocycles. The molecule has 0 radical (unpaired) electrons. The van der Waals surface area contributed by atoms with Crippen molar-refractivity contribution in [2.75, 3.05) is 0 Å². The standard InChI is InChI=1S/C15H20O2/c1-4-13(10-11(2)9-12(3)16)14-5-7-15(17)8-6-14/h5-11,16-17H,4H2,1-3H3/b12-9+,13-10+. The fourth-order valence-electron chi connectivity index (χ4n) is 1.84. The number of aliphatic hydroxyl groups is 1. The molecule has 0 aliphatic carbocycles. The molecule has 0 bridgehead atoms. The molecular formula is C15H20O2. The van der Waals surface area contributed by atoms with Crippen LogP contribution in [0.5, 0.6) is 5.75 Å². The average Bonchev–Trinajstić information content (AvgIpc) is 2.26. The molecule has 1 atom stereocenters. The number of benzene rings is 1. The molecule has 0 heterocycles. The van der Waals surface area contributed by atoms with Gasteiger partial charge >= 0.3 is 0 Å². The summed E-state index contributed by atoms with van der Waals surface area (Å²) in [6.45, 7) is 5.81. The van der Waals surface area contributed by atoms with Crippen LogP contribution in [0.15, 0.2) is 42.2 Å². The average molecular weight is 232 g/mol. The second kappa shape index (κ2) is 6.14. The van der Waals surface area contributed by atoms with Crippen LogP contribution in [0.2, 0.25) is 0 Å². The van der Waals surface area contributed by atoms with Crippen LogP contribution in [0.25, 0.3) is 5.57 Å². The van der Waals surface area contributed by atoms with Gasteiger partial charge in [0, 0.05) is 0 Å². The van der Waals surface area contributed by atoms with Crippen molar-refractivity contribution in [1.82, 2.24) is 0 Å². The molecule has 2 nitrogen and oxygen atoms in total. The summed E-state index contributed by atoms with van der Waals surface area (Å²) in [4.78, 5) is 0. The van der Waals surface area contributed by atoms with Gasteiger partial charge in [-0.2, -0.15) is 0 Å². The Morgan fingerprint density at radius 2 is 1.82 bits per heavy atom. The van der Waals surface area contributed by atoms with Gasteiger partial charge in [0.15, 0.2) is 0 Å². The zero-order chi connectivity index (χ0) is 12.8. The van der Waals surface area contributed by atoms with Crippen molar-refractivity contribution in [3.05, 3.63) is 47.7 Å². The van der Waals surface area contributed by atoms with Gasteiger partial charge in [-0.3, -0.25) is 0 Å². The van der Waals surface area contributed by atoms with Crippen LogP contribution in [0.1, 0.15) is 32.8 Å². The van der Waals surface area contributed by atoms with Gasteiger partial charge in [-0.1, -0.05) is 32.1 Å². The van der Waals surface area contributed by atoms with Crippen molar-refractivity contribution < 1.29 is 10.2 Å². The number of allylic oxidation sites excluding steroid dienone is 4. The lowest BCUT2D eigenvalue weighted by molar-refractivity contribution is 0.409. The maximum Gasteiger partial charge on any atom is 0.115 e. The van der Waals surface area contributed by atoms with Crippen molar-refractivity contribution in [3.8, 4) is 5.75 Å². The molecule has 1 rings (SSSR count). The number of rotatable bonds is 4. The van der Waals surface area contributed by atoms with Crippen molar-refractivity contribution in [2.45, 2.75) is 27.2 Å². The zero-order valence-electron chi connectivity index (χ0n) is 10.6. The van der Waals surface area contributed by atoms with E-state index in [1.54, 1.807) is 19.1 Å². The largest absolute Gasteiger partial charge is 0.513 e. The Kier molecular flexibility index (Phi) is 4.83. The van der Waals surface area contributed by atoms with Crippen LogP contribution in [0.4, 0.5) is 0 Å². The molecule has 2 heteroatoms. The minimum atomic E-state index is 0.198. The van der Waals surface area contributed by atoms with Crippen LogP contribution in [-0.4, -0.2) is 10.2 Å². The molecule has 0 aromatic heterocycles. The maximum atomic E-state index is 9.25. The highest BCUT2D eigenvalue weighted by Gasteiger charge is 2.02. The lowest BCUT2D eigenvalue weighted by atomic mass is 9.98. The third-order valence-electron chi connectivity index (χ3n) is 2.59. The molecular weight excluding hydrogens is 212 g/mol. The molecule has 0 aliphatic heterocycles. The smallest absolute Gasteiger partial charge is 0.115 e. The van der Waals surface area contributed by atoms with E-state index in [2.05, 4.69) is 13.0 Å². The van der Waals surface area contributed by atoms with E-state index in [-0.39, 0.29) is 11.7 Å². The summed E-state index contributed by atoms with van der Waals surface area (Å²) in [5.41, 5.74) is 2.33. The van der Waals surface area contributed by atoms with Gasteiger partial charge < -0.3 is 10.2 Å². The third kappa shape index (κ3) is 4.35. The number of aromatic hydroxyl groups is 1. The molecule has 0 aliphatic rings. The van der Waals surface area contributed by atoms with Crippen molar-refractivity contribution >= 4 is 5.57 Å². The van der Waals surface area contributed by atoms with Crippen molar-refractivity contribution in [2.24, 2.45) is 5.92 Å². The molecule has 0 saturated heterocycles. The Bertz CT molecular complexity index is 409. The van der Waals surface area contributed by atoms with Crippen LogP contribution in [0, 0.1) is 5.92 Å². The molecule has 0 saturated carbocycles. The molecule has 2 N–H and O–H groups in total. The van der Waals surface area contributed by atoms with Gasteiger partial charge in [0.1, 0.15) is 5.75 Å². The van der Waals surface area contributed by atoms with Gasteiger partial charge in [0.25, 0.3) is 0 Å². The van der Waals surface area contributed by atoms with Crippen molar-refractivity contribution in [3.63, 3.8) is 0 Å². The Balaban J connectivity index is 2.95. The highest BCUT2D eigenvalue weighted by Crippen LogP contribution is 2.22. The van der Waals surface area contributed by atoms with E-state index in [4.69, 9.17) is 0 Å². The van der Waals surface area contributed by atoms with E-state index in [9.17, 15) is 10.2 Å². The van der Waals surface area contributed by atoms with E-state index in [1.165, 1.54) is 5.57 Å². The Morgan fingerprint density at radius 3 is 2.29 bits per heavy atom. The number of hydrogen-bond donors (Lipinski definition) is 2. The lowest BCUT2D eigenvalue weighted by Crippen LogP contribution is -1.90. The first kappa shape index (κ1) is 13.4. The molecule has 0 fully saturated rings. The fourth-order valence-corrected chi connectivity index (χ4v) is 1.84. The topological polar surface area (TPSA) is 40.5 Å². The first-order valence-electron chi connectivity index (χ1n) is 5.90. The Morgan fingerprint density at radius 1 is 1.24 bits per heavy atom. The maximum absolute atomic E-state index is 9.25. The number of phenols is 1. The minimum Gasteiger partial charge on any atom is -0.513 e. The van der Waals surface area contributed by atoms with E-state index in [0.29, 0.717) is 5.76 Å². The Hall–Kier alpha value is -1.70. The minimum absolute atomic E-state index is 0.198. The molecule has 1 aromatic rings. The second-order valence-corrected chi connectivity index (χ2v) is 4.26. The van der Waals surface area contributed by atoms with E-state index >= 15 is 0 Å². The molecule has 1 unspecified atom stereocenters. The van der Waals surface area contributed by atoms with Crippen LogP contribution in [-0.2, 0) is 0 Å². The van der Waals surface area contributed by atoms with E-state index in [0.717, 1.165) is 12.0 Å².